The third-order valence-electron chi connectivity index (χ3n) is 3.25. The van der Waals surface area contributed by atoms with Crippen molar-refractivity contribution in [2.75, 3.05) is 20.8 Å². The Morgan fingerprint density at radius 2 is 2.00 bits per heavy atom. The van der Waals surface area contributed by atoms with E-state index < -0.39 is 12.1 Å². The summed E-state index contributed by atoms with van der Waals surface area (Å²) in [6.45, 7) is 2.06. The highest BCUT2D eigenvalue weighted by Crippen LogP contribution is 2.28. The van der Waals surface area contributed by atoms with Crippen molar-refractivity contribution in [1.29, 1.82) is 0 Å². The minimum atomic E-state index is -0.634. The first kappa shape index (κ1) is 19.8. The van der Waals surface area contributed by atoms with Gasteiger partial charge in [0.25, 0.3) is 0 Å². The lowest BCUT2D eigenvalue weighted by atomic mass is 10.2. The largest absolute Gasteiger partial charge is 0.493 e. The Kier molecular flexibility index (Phi) is 7.24. The Balaban J connectivity index is 1.99. The molecule has 1 heterocycles. The predicted octanol–water partition coefficient (Wildman–Crippen LogP) is 2.73. The van der Waals surface area contributed by atoms with Crippen LogP contribution in [-0.2, 0) is 16.1 Å². The van der Waals surface area contributed by atoms with Gasteiger partial charge in [-0.1, -0.05) is 0 Å². The second-order valence-corrected chi connectivity index (χ2v) is 5.05. The molecule has 1 amide bonds. The summed E-state index contributed by atoms with van der Waals surface area (Å²) >= 11 is 0. The van der Waals surface area contributed by atoms with Gasteiger partial charge in [0.2, 0.25) is 5.76 Å². The van der Waals surface area contributed by atoms with Crippen LogP contribution in [0.4, 0.5) is 4.79 Å². The molecule has 2 aromatic rings. The van der Waals surface area contributed by atoms with Gasteiger partial charge < -0.3 is 23.4 Å². The van der Waals surface area contributed by atoms with E-state index in [2.05, 4.69) is 15.3 Å². The summed E-state index contributed by atoms with van der Waals surface area (Å²) < 4.78 is 25.6. The second-order valence-electron chi connectivity index (χ2n) is 5.05. The van der Waals surface area contributed by atoms with Crippen molar-refractivity contribution in [2.24, 2.45) is 5.10 Å². The molecule has 0 aliphatic rings. The number of nitrogens with zero attached hydrogens (tertiary/aromatic N) is 1. The van der Waals surface area contributed by atoms with E-state index in [0.29, 0.717) is 22.8 Å². The molecular formula is C18H20N2O7. The summed E-state index contributed by atoms with van der Waals surface area (Å²) in [4.78, 5) is 22.5. The van der Waals surface area contributed by atoms with Crippen LogP contribution in [0.25, 0.3) is 0 Å². The van der Waals surface area contributed by atoms with Gasteiger partial charge in [0, 0.05) is 0 Å². The number of hydrogen-bond donors (Lipinski definition) is 1. The Labute approximate surface area is 155 Å². The molecule has 0 unspecified atom stereocenters. The number of benzene rings is 1. The molecule has 0 bridgehead atoms. The number of amides is 1. The van der Waals surface area contributed by atoms with Crippen molar-refractivity contribution in [1.82, 2.24) is 5.43 Å². The first-order valence-electron chi connectivity index (χ1n) is 8.01. The lowest BCUT2D eigenvalue weighted by molar-refractivity contribution is 0.0560. The molecule has 144 valence electrons. The number of nitrogens with one attached hydrogen (secondary N) is 1. The van der Waals surface area contributed by atoms with Crippen LogP contribution in [0.15, 0.2) is 39.9 Å². The van der Waals surface area contributed by atoms with E-state index in [-0.39, 0.29) is 19.0 Å². The number of carbonyl (C=O) groups is 2. The molecule has 0 atom stereocenters. The minimum Gasteiger partial charge on any atom is -0.493 e. The van der Waals surface area contributed by atoms with Gasteiger partial charge in [-0.3, -0.25) is 0 Å². The van der Waals surface area contributed by atoms with Crippen LogP contribution in [0.1, 0.15) is 28.8 Å². The van der Waals surface area contributed by atoms with Crippen molar-refractivity contribution in [3.05, 3.63) is 47.4 Å². The van der Waals surface area contributed by atoms with Crippen molar-refractivity contribution in [3.8, 4) is 11.5 Å². The molecule has 0 radical (unpaired) electrons. The summed E-state index contributed by atoms with van der Waals surface area (Å²) in [5.74, 6) is 0.947. The molecular weight excluding hydrogens is 356 g/mol. The van der Waals surface area contributed by atoms with Crippen molar-refractivity contribution in [2.45, 2.75) is 13.5 Å². The molecule has 9 nitrogen and oxygen atoms in total. The third-order valence-corrected chi connectivity index (χ3v) is 3.25. The number of carbonyl (C=O) groups excluding carboxylic acids is 2. The first-order chi connectivity index (χ1) is 13.1. The normalized spacial score (nSPS) is 10.5. The van der Waals surface area contributed by atoms with E-state index in [1.165, 1.54) is 26.5 Å². The van der Waals surface area contributed by atoms with E-state index in [0.717, 1.165) is 0 Å². The van der Waals surface area contributed by atoms with Crippen LogP contribution in [0, 0.1) is 0 Å². The van der Waals surface area contributed by atoms with Gasteiger partial charge in [-0.15, -0.1) is 0 Å². The highest BCUT2D eigenvalue weighted by Gasteiger charge is 2.12. The summed E-state index contributed by atoms with van der Waals surface area (Å²) in [7, 11) is 2.78. The van der Waals surface area contributed by atoms with Gasteiger partial charge in [0.15, 0.2) is 11.5 Å². The van der Waals surface area contributed by atoms with Crippen molar-refractivity contribution < 1.29 is 33.0 Å². The number of hydrogen-bond acceptors (Lipinski definition) is 8. The maximum absolute atomic E-state index is 11.4. The molecule has 1 aromatic carbocycles. The number of methoxy groups -OCH3 is 2. The standard InChI is InChI=1S/C18H20N2O7/c1-4-25-18(22)20-19-10-12-5-7-14(16(9-12)23-2)26-11-13-6-8-15(27-13)17(21)24-3/h5-10H,4,11H2,1-3H3,(H,20,22)/b19-10-. The number of esters is 1. The third kappa shape index (κ3) is 5.77. The highest BCUT2D eigenvalue weighted by atomic mass is 16.6. The fraction of sp³-hybridized carbons (Fsp3) is 0.278. The van der Waals surface area contributed by atoms with E-state index in [1.807, 2.05) is 0 Å². The number of furan rings is 1. The van der Waals surface area contributed by atoms with Gasteiger partial charge in [0.05, 0.1) is 27.0 Å². The monoisotopic (exact) mass is 376 g/mol. The fourth-order valence-electron chi connectivity index (χ4n) is 2.02. The predicted molar refractivity (Wildman–Crippen MR) is 95.1 cm³/mol. The smallest absolute Gasteiger partial charge is 0.427 e. The Morgan fingerprint density at radius 3 is 2.70 bits per heavy atom. The van der Waals surface area contributed by atoms with Gasteiger partial charge in [-0.05, 0) is 42.8 Å². The zero-order valence-corrected chi connectivity index (χ0v) is 15.2. The van der Waals surface area contributed by atoms with E-state index in [9.17, 15) is 9.59 Å². The highest BCUT2D eigenvalue weighted by molar-refractivity contribution is 5.86. The zero-order chi connectivity index (χ0) is 19.6. The van der Waals surface area contributed by atoms with Crippen molar-refractivity contribution in [3.63, 3.8) is 0 Å². The van der Waals surface area contributed by atoms with Crippen LogP contribution in [0.5, 0.6) is 11.5 Å². The summed E-state index contributed by atoms with van der Waals surface area (Å²) in [5.41, 5.74) is 2.92. The molecule has 1 N–H and O–H groups in total. The average Bonchev–Trinajstić information content (AvgIpc) is 3.15. The SMILES string of the molecule is CCOC(=O)N/N=C\c1ccc(OCc2ccc(C(=O)OC)o2)c(OC)c1. The first-order valence-corrected chi connectivity index (χ1v) is 8.01. The van der Waals surface area contributed by atoms with Crippen LogP contribution in [0.3, 0.4) is 0 Å². The van der Waals surface area contributed by atoms with E-state index >= 15 is 0 Å². The topological polar surface area (TPSA) is 109 Å². The molecule has 27 heavy (non-hydrogen) atoms. The molecule has 0 aliphatic heterocycles. The zero-order valence-electron chi connectivity index (χ0n) is 15.2. The van der Waals surface area contributed by atoms with Gasteiger partial charge in [-0.25, -0.2) is 15.0 Å². The van der Waals surface area contributed by atoms with Crippen LogP contribution in [0.2, 0.25) is 0 Å². The molecule has 0 aliphatic carbocycles. The van der Waals surface area contributed by atoms with Crippen LogP contribution >= 0.6 is 0 Å². The van der Waals surface area contributed by atoms with Crippen LogP contribution < -0.4 is 14.9 Å². The Morgan fingerprint density at radius 1 is 1.19 bits per heavy atom. The molecule has 2 rings (SSSR count). The molecule has 0 saturated carbocycles. The molecule has 1 aromatic heterocycles. The lowest BCUT2D eigenvalue weighted by Gasteiger charge is -2.10. The lowest BCUT2D eigenvalue weighted by Crippen LogP contribution is -2.18. The van der Waals surface area contributed by atoms with E-state index in [1.54, 1.807) is 31.2 Å². The van der Waals surface area contributed by atoms with Gasteiger partial charge >= 0.3 is 12.1 Å². The number of ether oxygens (including phenoxy) is 4. The summed E-state index contributed by atoms with van der Waals surface area (Å²) in [5, 5.41) is 3.78. The maximum Gasteiger partial charge on any atom is 0.427 e. The van der Waals surface area contributed by atoms with Gasteiger partial charge in [0.1, 0.15) is 12.4 Å². The fourth-order valence-corrected chi connectivity index (χ4v) is 2.02. The number of hydrazone groups is 1. The summed E-state index contributed by atoms with van der Waals surface area (Å²) in [6, 6.07) is 8.25. The molecule has 9 heteroatoms. The summed E-state index contributed by atoms with van der Waals surface area (Å²) in [6.07, 6.45) is 0.809. The van der Waals surface area contributed by atoms with E-state index in [4.69, 9.17) is 18.6 Å². The Bertz CT molecular complexity index is 814. The minimum absolute atomic E-state index is 0.101. The van der Waals surface area contributed by atoms with Gasteiger partial charge in [-0.2, -0.15) is 5.10 Å². The quantitative estimate of drug-likeness (QED) is 0.429. The average molecular weight is 376 g/mol. The molecule has 0 saturated heterocycles. The Hall–Kier alpha value is -3.49. The second kappa shape index (κ2) is 9.85. The number of rotatable bonds is 8. The van der Waals surface area contributed by atoms with Crippen LogP contribution in [-0.4, -0.2) is 39.1 Å². The molecule has 0 spiro atoms. The molecule has 0 fully saturated rings. The van der Waals surface area contributed by atoms with Crippen molar-refractivity contribution >= 4 is 18.3 Å². The maximum atomic E-state index is 11.4.